The lowest BCUT2D eigenvalue weighted by atomic mass is 9.91. The summed E-state index contributed by atoms with van der Waals surface area (Å²) in [6.45, 7) is 2.42. The molecule has 3 aromatic rings. The predicted octanol–water partition coefficient (Wildman–Crippen LogP) is 4.52. The summed E-state index contributed by atoms with van der Waals surface area (Å²) in [4.78, 5) is 27.6. The monoisotopic (exact) mass is 385 g/mol. The highest BCUT2D eigenvalue weighted by Gasteiger charge is 2.35. The number of ether oxygens (including phenoxy) is 1. The summed E-state index contributed by atoms with van der Waals surface area (Å²) in [7, 11) is 0. The smallest absolute Gasteiger partial charge is 0.265 e. The van der Waals surface area contributed by atoms with Crippen molar-refractivity contribution in [3.8, 4) is 11.5 Å². The van der Waals surface area contributed by atoms with Gasteiger partial charge in [0.2, 0.25) is 0 Å². The van der Waals surface area contributed by atoms with E-state index in [1.807, 2.05) is 6.92 Å². The Labute approximate surface area is 168 Å². The Bertz CT molecular complexity index is 1120. The molecule has 0 spiro atoms. The number of phenols is 1. The van der Waals surface area contributed by atoms with Gasteiger partial charge in [-0.05, 0) is 66.6 Å². The van der Waals surface area contributed by atoms with Gasteiger partial charge in [0.25, 0.3) is 11.8 Å². The maximum atomic E-state index is 13.3. The summed E-state index contributed by atoms with van der Waals surface area (Å²) in [5, 5.41) is 9.75. The van der Waals surface area contributed by atoms with Crippen LogP contribution in [0.2, 0.25) is 0 Å². The number of carbonyl (C=O) groups excluding carboxylic acids is 2. The topological polar surface area (TPSA) is 66.8 Å². The molecule has 0 radical (unpaired) electrons. The molecule has 1 aliphatic rings. The molecule has 0 aromatic heterocycles. The number of nitrogens with zero attached hydrogens (tertiary/aromatic N) is 1. The lowest BCUT2D eigenvalue weighted by molar-refractivity contribution is -0.112. The third-order valence-electron chi connectivity index (χ3n) is 4.67. The molecular weight excluding hydrogens is 366 g/mol. The van der Waals surface area contributed by atoms with Crippen LogP contribution in [0.5, 0.6) is 11.5 Å². The van der Waals surface area contributed by atoms with Crippen LogP contribution >= 0.6 is 0 Å². The molecule has 4 rings (SSSR count). The Hall–Kier alpha value is -3.86. The fraction of sp³-hybridized carbons (Fsp3) is 0.0833. The first kappa shape index (κ1) is 18.5. The Morgan fingerprint density at radius 2 is 1.62 bits per heavy atom. The lowest BCUT2D eigenvalue weighted by Gasteiger charge is -2.28. The lowest BCUT2D eigenvalue weighted by Crippen LogP contribution is -2.41. The Morgan fingerprint density at radius 1 is 0.897 bits per heavy atom. The molecule has 29 heavy (non-hydrogen) atoms. The zero-order chi connectivity index (χ0) is 20.4. The molecule has 5 nitrogen and oxygen atoms in total. The van der Waals surface area contributed by atoms with Crippen molar-refractivity contribution in [2.75, 3.05) is 11.5 Å². The number of rotatable bonds is 4. The normalized spacial score (nSPS) is 14.8. The standard InChI is InChI=1S/C24H19NO4/c1-2-29-19-12-10-17(11-13-19)25-23(27)21-9-4-3-8-20(21)22(24(25)28)15-16-6-5-7-18(26)14-16/h3-15,26H,2H2,1H3/b22-15-. The van der Waals surface area contributed by atoms with Crippen molar-refractivity contribution < 1.29 is 19.4 Å². The van der Waals surface area contributed by atoms with Crippen LogP contribution in [-0.2, 0) is 4.79 Å². The number of aromatic hydroxyl groups is 1. The van der Waals surface area contributed by atoms with E-state index in [1.54, 1.807) is 78.9 Å². The minimum absolute atomic E-state index is 0.107. The Kier molecular flexibility index (Phi) is 4.87. The van der Waals surface area contributed by atoms with Crippen molar-refractivity contribution in [1.82, 2.24) is 0 Å². The van der Waals surface area contributed by atoms with Gasteiger partial charge in [-0.1, -0.05) is 30.3 Å². The molecule has 1 aliphatic heterocycles. The summed E-state index contributed by atoms with van der Waals surface area (Å²) in [6, 6.07) is 20.5. The van der Waals surface area contributed by atoms with Crippen molar-refractivity contribution in [3.05, 3.63) is 89.5 Å². The van der Waals surface area contributed by atoms with Gasteiger partial charge in [-0.25, -0.2) is 4.90 Å². The molecule has 0 atom stereocenters. The quantitative estimate of drug-likeness (QED) is 0.530. The second-order valence-corrected chi connectivity index (χ2v) is 6.57. The van der Waals surface area contributed by atoms with Crippen molar-refractivity contribution in [3.63, 3.8) is 0 Å². The molecule has 0 aliphatic carbocycles. The highest BCUT2D eigenvalue weighted by Crippen LogP contribution is 2.34. The van der Waals surface area contributed by atoms with E-state index < -0.39 is 5.91 Å². The number of phenolic OH excluding ortho intramolecular Hbond substituents is 1. The minimum Gasteiger partial charge on any atom is -0.508 e. The molecule has 1 N–H and O–H groups in total. The second-order valence-electron chi connectivity index (χ2n) is 6.57. The van der Waals surface area contributed by atoms with Gasteiger partial charge in [-0.2, -0.15) is 0 Å². The van der Waals surface area contributed by atoms with Crippen LogP contribution < -0.4 is 9.64 Å². The number of benzene rings is 3. The van der Waals surface area contributed by atoms with Crippen molar-refractivity contribution in [1.29, 1.82) is 0 Å². The molecule has 0 fully saturated rings. The molecule has 3 aromatic carbocycles. The van der Waals surface area contributed by atoms with Crippen LogP contribution in [0.15, 0.2) is 72.8 Å². The second kappa shape index (κ2) is 7.64. The first-order valence-electron chi connectivity index (χ1n) is 9.30. The summed E-state index contributed by atoms with van der Waals surface area (Å²) >= 11 is 0. The third-order valence-corrected chi connectivity index (χ3v) is 4.67. The van der Waals surface area contributed by atoms with E-state index in [9.17, 15) is 14.7 Å². The van der Waals surface area contributed by atoms with Crippen molar-refractivity contribution in [2.45, 2.75) is 6.92 Å². The zero-order valence-electron chi connectivity index (χ0n) is 15.8. The molecule has 144 valence electrons. The fourth-order valence-corrected chi connectivity index (χ4v) is 3.37. The summed E-state index contributed by atoms with van der Waals surface area (Å²) in [5.74, 6) is -0.0107. The first-order valence-corrected chi connectivity index (χ1v) is 9.30. The van der Waals surface area contributed by atoms with Gasteiger partial charge in [0.15, 0.2) is 0 Å². The van der Waals surface area contributed by atoms with Gasteiger partial charge < -0.3 is 9.84 Å². The van der Waals surface area contributed by atoms with Crippen LogP contribution in [-0.4, -0.2) is 23.5 Å². The van der Waals surface area contributed by atoms with Gasteiger partial charge in [0.05, 0.1) is 12.3 Å². The first-order chi connectivity index (χ1) is 14.1. The molecule has 1 heterocycles. The third kappa shape index (κ3) is 3.50. The van der Waals surface area contributed by atoms with E-state index in [0.29, 0.717) is 40.3 Å². The van der Waals surface area contributed by atoms with Gasteiger partial charge in [0.1, 0.15) is 11.5 Å². The van der Waals surface area contributed by atoms with Crippen LogP contribution in [0.1, 0.15) is 28.4 Å². The van der Waals surface area contributed by atoms with E-state index in [2.05, 4.69) is 0 Å². The zero-order valence-corrected chi connectivity index (χ0v) is 15.8. The number of carbonyl (C=O) groups is 2. The van der Waals surface area contributed by atoms with E-state index in [1.165, 1.54) is 4.90 Å². The Morgan fingerprint density at radius 3 is 2.31 bits per heavy atom. The Balaban J connectivity index is 1.83. The number of anilines is 1. The van der Waals surface area contributed by atoms with Crippen LogP contribution in [0.25, 0.3) is 11.6 Å². The summed E-state index contributed by atoms with van der Waals surface area (Å²) in [5.41, 5.74) is 2.56. The van der Waals surface area contributed by atoms with Gasteiger partial charge >= 0.3 is 0 Å². The van der Waals surface area contributed by atoms with E-state index in [4.69, 9.17) is 4.74 Å². The molecule has 0 saturated heterocycles. The minimum atomic E-state index is -0.416. The molecule has 0 saturated carbocycles. The van der Waals surface area contributed by atoms with Crippen LogP contribution in [0, 0.1) is 0 Å². The molecule has 0 unspecified atom stereocenters. The van der Waals surface area contributed by atoms with Crippen LogP contribution in [0.4, 0.5) is 5.69 Å². The van der Waals surface area contributed by atoms with Gasteiger partial charge in [0, 0.05) is 11.1 Å². The summed E-state index contributed by atoms with van der Waals surface area (Å²) < 4.78 is 5.45. The predicted molar refractivity (Wildman–Crippen MR) is 112 cm³/mol. The number of imide groups is 1. The number of amides is 2. The van der Waals surface area contributed by atoms with E-state index in [0.717, 1.165) is 0 Å². The van der Waals surface area contributed by atoms with Crippen molar-refractivity contribution in [2.24, 2.45) is 0 Å². The van der Waals surface area contributed by atoms with Crippen molar-refractivity contribution >= 4 is 29.2 Å². The molecular formula is C24H19NO4. The van der Waals surface area contributed by atoms with Gasteiger partial charge in [-0.15, -0.1) is 0 Å². The number of hydrogen-bond donors (Lipinski definition) is 1. The van der Waals surface area contributed by atoms with E-state index in [-0.39, 0.29) is 11.7 Å². The highest BCUT2D eigenvalue weighted by molar-refractivity contribution is 6.43. The number of fused-ring (bicyclic) bond motifs is 1. The fourth-order valence-electron chi connectivity index (χ4n) is 3.37. The molecule has 0 bridgehead atoms. The van der Waals surface area contributed by atoms with Crippen LogP contribution in [0.3, 0.4) is 0 Å². The average molecular weight is 385 g/mol. The largest absolute Gasteiger partial charge is 0.508 e. The maximum absolute atomic E-state index is 13.3. The SMILES string of the molecule is CCOc1ccc(N2C(=O)/C(=C\c3cccc(O)c3)c3ccccc3C2=O)cc1. The number of hydrogen-bond acceptors (Lipinski definition) is 4. The maximum Gasteiger partial charge on any atom is 0.265 e. The van der Waals surface area contributed by atoms with Gasteiger partial charge in [-0.3, -0.25) is 9.59 Å². The average Bonchev–Trinajstić information content (AvgIpc) is 2.73. The highest BCUT2D eigenvalue weighted by atomic mass is 16.5. The molecule has 2 amide bonds. The van der Waals surface area contributed by atoms with E-state index >= 15 is 0 Å². The molecule has 5 heteroatoms. The summed E-state index contributed by atoms with van der Waals surface area (Å²) in [6.07, 6.45) is 1.69.